The number of rotatable bonds is 45. The molecule has 0 saturated heterocycles. The van der Waals surface area contributed by atoms with Gasteiger partial charge in [-0.3, -0.25) is 4.79 Å². The fourth-order valence-corrected chi connectivity index (χ4v) is 7.65. The molecule has 0 heterocycles. The molecule has 0 fully saturated rings. The van der Waals surface area contributed by atoms with Crippen molar-refractivity contribution >= 4 is 5.91 Å². The number of allylic oxidation sites excluding steroid dienone is 3. The number of unbranched alkanes of at least 4 members (excludes halogenated alkanes) is 36. The highest BCUT2D eigenvalue weighted by molar-refractivity contribution is 5.76. The van der Waals surface area contributed by atoms with E-state index in [4.69, 9.17) is 0 Å². The van der Waals surface area contributed by atoms with Gasteiger partial charge in [0.15, 0.2) is 0 Å². The van der Waals surface area contributed by atoms with Gasteiger partial charge in [0.1, 0.15) is 0 Å². The Morgan fingerprint density at radius 3 is 1.02 bits per heavy atom. The quantitative estimate of drug-likeness (QED) is 0.0428. The van der Waals surface area contributed by atoms with Gasteiger partial charge in [-0.2, -0.15) is 0 Å². The summed E-state index contributed by atoms with van der Waals surface area (Å²) in [5.74, 6) is -0.0706. The molecule has 0 aromatic carbocycles. The Bertz CT molecular complexity index is 780. The Hall–Kier alpha value is -1.13. The van der Waals surface area contributed by atoms with Crippen molar-refractivity contribution in [2.24, 2.45) is 0 Å². The van der Waals surface area contributed by atoms with Crippen molar-refractivity contribution in [3.8, 4) is 0 Å². The minimum atomic E-state index is -0.840. The van der Waals surface area contributed by atoms with Gasteiger partial charge in [0, 0.05) is 6.42 Å². The Morgan fingerprint density at radius 2 is 0.704 bits per heavy atom. The lowest BCUT2D eigenvalue weighted by molar-refractivity contribution is -0.123. The normalized spacial score (nSPS) is 13.0. The summed E-state index contributed by atoms with van der Waals surface area (Å²) in [4.78, 5) is 12.4. The molecule has 1 amide bonds. The molecule has 0 aliphatic rings. The Balaban J connectivity index is 3.47. The Kier molecular flexibility index (Phi) is 45.3. The van der Waals surface area contributed by atoms with Gasteiger partial charge in [-0.15, -0.1) is 0 Å². The lowest BCUT2D eigenvalue weighted by Gasteiger charge is -2.20. The van der Waals surface area contributed by atoms with E-state index in [0.717, 1.165) is 32.1 Å². The van der Waals surface area contributed by atoms with Crippen molar-refractivity contribution in [3.63, 3.8) is 0 Å². The van der Waals surface area contributed by atoms with Crippen LogP contribution in [0.5, 0.6) is 0 Å². The van der Waals surface area contributed by atoms with Crippen LogP contribution in [-0.2, 0) is 4.79 Å². The van der Waals surface area contributed by atoms with Crippen molar-refractivity contribution in [2.45, 2.75) is 283 Å². The SMILES string of the molecule is CCCCCCC/C=C\CCCCCCCC(=O)NC(CO)C(O)/C=C/CCCCCCCCCCCCCCCCCCCCCCCCCCCC. The van der Waals surface area contributed by atoms with Crippen LogP contribution in [0.4, 0.5) is 0 Å². The van der Waals surface area contributed by atoms with Gasteiger partial charge in [0.2, 0.25) is 5.91 Å². The van der Waals surface area contributed by atoms with Crippen molar-refractivity contribution in [2.75, 3.05) is 6.61 Å². The predicted molar refractivity (Wildman–Crippen MR) is 239 cm³/mol. The molecule has 2 atom stereocenters. The molecular weight excluding hydrogens is 663 g/mol. The molecule has 0 spiro atoms. The van der Waals surface area contributed by atoms with Crippen LogP contribution in [0.2, 0.25) is 0 Å². The zero-order chi connectivity index (χ0) is 39.3. The first-order valence-electron chi connectivity index (χ1n) is 24.6. The van der Waals surface area contributed by atoms with Gasteiger partial charge in [-0.1, -0.05) is 244 Å². The van der Waals surface area contributed by atoms with Gasteiger partial charge < -0.3 is 15.5 Å². The van der Waals surface area contributed by atoms with E-state index >= 15 is 0 Å². The van der Waals surface area contributed by atoms with Crippen molar-refractivity contribution in [1.82, 2.24) is 5.32 Å². The second-order valence-corrected chi connectivity index (χ2v) is 16.9. The summed E-state index contributed by atoms with van der Waals surface area (Å²) in [6, 6.07) is -0.624. The second-order valence-electron chi connectivity index (χ2n) is 16.9. The molecular formula is C50H97NO3. The minimum Gasteiger partial charge on any atom is -0.394 e. The monoisotopic (exact) mass is 760 g/mol. The first-order valence-corrected chi connectivity index (χ1v) is 24.6. The van der Waals surface area contributed by atoms with Crippen LogP contribution in [0, 0.1) is 0 Å². The topological polar surface area (TPSA) is 69.6 Å². The molecule has 0 bridgehead atoms. The largest absolute Gasteiger partial charge is 0.394 e. The predicted octanol–water partition coefficient (Wildman–Crippen LogP) is 15.6. The van der Waals surface area contributed by atoms with E-state index in [0.29, 0.717) is 6.42 Å². The van der Waals surface area contributed by atoms with Gasteiger partial charge in [-0.25, -0.2) is 0 Å². The van der Waals surface area contributed by atoms with E-state index < -0.39 is 12.1 Å². The van der Waals surface area contributed by atoms with E-state index in [1.54, 1.807) is 6.08 Å². The maximum absolute atomic E-state index is 12.4. The third-order valence-corrected chi connectivity index (χ3v) is 11.4. The summed E-state index contributed by atoms with van der Waals surface area (Å²) < 4.78 is 0. The molecule has 0 radical (unpaired) electrons. The molecule has 320 valence electrons. The Morgan fingerprint density at radius 1 is 0.426 bits per heavy atom. The average molecular weight is 760 g/mol. The third kappa shape index (κ3) is 42.0. The molecule has 4 nitrogen and oxygen atoms in total. The van der Waals surface area contributed by atoms with Crippen LogP contribution in [0.1, 0.15) is 271 Å². The number of nitrogens with one attached hydrogen (secondary N) is 1. The average Bonchev–Trinajstić information content (AvgIpc) is 3.18. The second kappa shape index (κ2) is 46.3. The van der Waals surface area contributed by atoms with Crippen molar-refractivity contribution in [3.05, 3.63) is 24.3 Å². The number of amides is 1. The number of carbonyl (C=O) groups is 1. The smallest absolute Gasteiger partial charge is 0.220 e. The number of aliphatic hydroxyl groups excluding tert-OH is 2. The molecule has 0 aromatic heterocycles. The maximum atomic E-state index is 12.4. The van der Waals surface area contributed by atoms with Crippen LogP contribution >= 0.6 is 0 Å². The van der Waals surface area contributed by atoms with E-state index in [-0.39, 0.29) is 12.5 Å². The van der Waals surface area contributed by atoms with Crippen LogP contribution in [0.3, 0.4) is 0 Å². The maximum Gasteiger partial charge on any atom is 0.220 e. The molecule has 0 saturated carbocycles. The molecule has 0 aliphatic heterocycles. The van der Waals surface area contributed by atoms with E-state index in [1.165, 1.54) is 218 Å². The summed E-state index contributed by atoms with van der Waals surface area (Å²) in [5.41, 5.74) is 0. The molecule has 4 heteroatoms. The molecule has 0 rings (SSSR count). The summed E-state index contributed by atoms with van der Waals surface area (Å²) in [6.45, 7) is 4.31. The first kappa shape index (κ1) is 52.9. The van der Waals surface area contributed by atoms with Gasteiger partial charge >= 0.3 is 0 Å². The molecule has 2 unspecified atom stereocenters. The van der Waals surface area contributed by atoms with E-state index in [9.17, 15) is 15.0 Å². The summed E-state index contributed by atoms with van der Waals surface area (Å²) >= 11 is 0. The molecule has 3 N–H and O–H groups in total. The van der Waals surface area contributed by atoms with Crippen LogP contribution in [0.15, 0.2) is 24.3 Å². The van der Waals surface area contributed by atoms with Crippen molar-refractivity contribution < 1.29 is 15.0 Å². The van der Waals surface area contributed by atoms with Gasteiger partial charge in [-0.05, 0) is 44.9 Å². The lowest BCUT2D eigenvalue weighted by Crippen LogP contribution is -2.45. The Labute approximate surface area is 339 Å². The lowest BCUT2D eigenvalue weighted by atomic mass is 10.0. The number of aliphatic hydroxyl groups is 2. The molecule has 0 aromatic rings. The fourth-order valence-electron chi connectivity index (χ4n) is 7.65. The highest BCUT2D eigenvalue weighted by Gasteiger charge is 2.18. The summed E-state index contributed by atoms with van der Waals surface area (Å²) in [5, 5.41) is 23.0. The zero-order valence-corrected chi connectivity index (χ0v) is 36.8. The molecule has 54 heavy (non-hydrogen) atoms. The number of carbonyl (C=O) groups excluding carboxylic acids is 1. The fraction of sp³-hybridized carbons (Fsp3) is 0.900. The zero-order valence-electron chi connectivity index (χ0n) is 36.8. The third-order valence-electron chi connectivity index (χ3n) is 11.4. The number of hydrogen-bond donors (Lipinski definition) is 3. The van der Waals surface area contributed by atoms with Crippen LogP contribution in [0.25, 0.3) is 0 Å². The highest BCUT2D eigenvalue weighted by Crippen LogP contribution is 2.17. The van der Waals surface area contributed by atoms with Crippen molar-refractivity contribution in [1.29, 1.82) is 0 Å². The van der Waals surface area contributed by atoms with E-state index in [1.807, 2.05) is 6.08 Å². The standard InChI is InChI=1S/C50H97NO3/c1-3-5-7-9-11-13-15-17-19-20-21-22-23-24-25-26-27-28-29-30-31-32-33-35-37-39-41-43-45-49(53)48(47-52)51-50(54)46-44-42-40-38-36-34-18-16-14-12-10-8-6-4-2/h16,18,43,45,48-49,52-53H,3-15,17,19-42,44,46-47H2,1-2H3,(H,51,54)/b18-16-,45-43+. The van der Waals surface area contributed by atoms with Gasteiger partial charge in [0.25, 0.3) is 0 Å². The molecule has 0 aliphatic carbocycles. The van der Waals surface area contributed by atoms with Crippen LogP contribution in [-0.4, -0.2) is 34.9 Å². The first-order chi connectivity index (χ1) is 26.7. The van der Waals surface area contributed by atoms with Crippen LogP contribution < -0.4 is 5.32 Å². The minimum absolute atomic E-state index is 0.0706. The highest BCUT2D eigenvalue weighted by atomic mass is 16.3. The summed E-state index contributed by atoms with van der Waals surface area (Å²) in [7, 11) is 0. The summed E-state index contributed by atoms with van der Waals surface area (Å²) in [6.07, 6.45) is 60.3. The van der Waals surface area contributed by atoms with E-state index in [2.05, 4.69) is 31.3 Å². The van der Waals surface area contributed by atoms with Gasteiger partial charge in [0.05, 0.1) is 18.8 Å². The number of hydrogen-bond acceptors (Lipinski definition) is 3.